The molecule has 0 atom stereocenters. The summed E-state index contributed by atoms with van der Waals surface area (Å²) < 4.78 is 0. The molecule has 78 valence electrons. The van der Waals surface area contributed by atoms with Crippen molar-refractivity contribution in [2.45, 2.75) is 19.3 Å². The summed E-state index contributed by atoms with van der Waals surface area (Å²) in [6, 6.07) is 0. The first-order valence-corrected chi connectivity index (χ1v) is 5.53. The highest BCUT2D eigenvalue weighted by Gasteiger charge is 2.20. The maximum atomic E-state index is 5.91. The van der Waals surface area contributed by atoms with Crippen LogP contribution < -0.4 is 0 Å². The third-order valence-electron chi connectivity index (χ3n) is 2.69. The zero-order valence-corrected chi connectivity index (χ0v) is 9.30. The molecule has 0 radical (unpaired) electrons. The third kappa shape index (κ3) is 2.03. The number of aliphatic imine (C=N–C) groups is 1. The Hall–Kier alpha value is -0.700. The van der Waals surface area contributed by atoms with E-state index in [0.717, 1.165) is 30.6 Å². The first-order chi connectivity index (χ1) is 6.77. The summed E-state index contributed by atoms with van der Waals surface area (Å²) in [5, 5.41) is 0.813. The van der Waals surface area contributed by atoms with Crippen LogP contribution in [0.5, 0.6) is 0 Å². The summed E-state index contributed by atoms with van der Waals surface area (Å²) in [6.07, 6.45) is 5.68. The van der Waals surface area contributed by atoms with Crippen molar-refractivity contribution in [3.8, 4) is 0 Å². The van der Waals surface area contributed by atoms with E-state index < -0.39 is 0 Å². The zero-order valence-electron chi connectivity index (χ0n) is 8.54. The quantitative estimate of drug-likeness (QED) is 0.612. The largest absolute Gasteiger partial charge is 0.343 e. The van der Waals surface area contributed by atoms with Crippen LogP contribution in [0.15, 0.2) is 16.2 Å². The highest BCUT2D eigenvalue weighted by Crippen LogP contribution is 2.16. The van der Waals surface area contributed by atoms with Gasteiger partial charge in [-0.15, -0.1) is 0 Å². The lowest BCUT2D eigenvalue weighted by atomic mass is 10.1. The molecule has 1 saturated heterocycles. The van der Waals surface area contributed by atoms with Gasteiger partial charge in [0.05, 0.1) is 11.6 Å². The standard InChI is InChI=1S/C10H16ClN3/c1-13-8-9(11)7-12-10(13)14-5-3-2-4-6-14/h7H,2-6,8H2,1H3. The molecule has 0 aromatic rings. The number of hydrogen-bond donors (Lipinski definition) is 0. The molecular weight excluding hydrogens is 198 g/mol. The lowest BCUT2D eigenvalue weighted by Gasteiger charge is -2.35. The summed E-state index contributed by atoms with van der Waals surface area (Å²) >= 11 is 5.91. The Morgan fingerprint density at radius 1 is 1.29 bits per heavy atom. The average molecular weight is 214 g/mol. The van der Waals surface area contributed by atoms with Crippen molar-refractivity contribution in [1.29, 1.82) is 0 Å². The van der Waals surface area contributed by atoms with Crippen molar-refractivity contribution in [1.82, 2.24) is 9.80 Å². The lowest BCUT2D eigenvalue weighted by Crippen LogP contribution is -2.46. The van der Waals surface area contributed by atoms with E-state index in [9.17, 15) is 0 Å². The maximum Gasteiger partial charge on any atom is 0.201 e. The lowest BCUT2D eigenvalue weighted by molar-refractivity contribution is 0.301. The predicted octanol–water partition coefficient (Wildman–Crippen LogP) is 1.85. The second-order valence-corrected chi connectivity index (χ2v) is 4.39. The van der Waals surface area contributed by atoms with E-state index in [1.165, 1.54) is 19.3 Å². The molecule has 0 aromatic heterocycles. The number of rotatable bonds is 0. The molecule has 1 fully saturated rings. The minimum absolute atomic E-state index is 0.789. The topological polar surface area (TPSA) is 18.8 Å². The van der Waals surface area contributed by atoms with Crippen molar-refractivity contribution in [3.63, 3.8) is 0 Å². The molecule has 0 saturated carbocycles. The van der Waals surface area contributed by atoms with Gasteiger partial charge in [-0.1, -0.05) is 11.6 Å². The Bertz CT molecular complexity index is 267. The minimum atomic E-state index is 0.789. The van der Waals surface area contributed by atoms with Crippen molar-refractivity contribution in [3.05, 3.63) is 11.2 Å². The van der Waals surface area contributed by atoms with Gasteiger partial charge < -0.3 is 9.80 Å². The minimum Gasteiger partial charge on any atom is -0.343 e. The van der Waals surface area contributed by atoms with Crippen LogP contribution in [0.3, 0.4) is 0 Å². The van der Waals surface area contributed by atoms with Crippen molar-refractivity contribution < 1.29 is 0 Å². The van der Waals surface area contributed by atoms with Gasteiger partial charge in [0.25, 0.3) is 0 Å². The molecule has 2 heterocycles. The molecule has 14 heavy (non-hydrogen) atoms. The molecule has 0 aliphatic carbocycles. The van der Waals surface area contributed by atoms with E-state index in [0.29, 0.717) is 0 Å². The van der Waals surface area contributed by atoms with Gasteiger partial charge in [-0.25, -0.2) is 4.99 Å². The Labute approximate surface area is 90.0 Å². The molecule has 0 N–H and O–H groups in total. The van der Waals surface area contributed by atoms with Crippen LogP contribution in [0.1, 0.15) is 19.3 Å². The van der Waals surface area contributed by atoms with Gasteiger partial charge in [-0.3, -0.25) is 0 Å². The van der Waals surface area contributed by atoms with Gasteiger partial charge in [0.2, 0.25) is 5.96 Å². The Morgan fingerprint density at radius 3 is 2.64 bits per heavy atom. The van der Waals surface area contributed by atoms with Crippen LogP contribution in [0, 0.1) is 0 Å². The average Bonchev–Trinajstić information content (AvgIpc) is 2.19. The Balaban J connectivity index is 2.08. The second-order valence-electron chi connectivity index (χ2n) is 3.91. The summed E-state index contributed by atoms with van der Waals surface area (Å²) in [5.74, 6) is 1.08. The second kappa shape index (κ2) is 4.22. The van der Waals surface area contributed by atoms with Crippen LogP contribution in [0.25, 0.3) is 0 Å². The van der Waals surface area contributed by atoms with Gasteiger partial charge >= 0.3 is 0 Å². The van der Waals surface area contributed by atoms with Gasteiger partial charge in [0.15, 0.2) is 0 Å². The van der Waals surface area contributed by atoms with Gasteiger partial charge in [0.1, 0.15) is 0 Å². The Morgan fingerprint density at radius 2 is 2.00 bits per heavy atom. The van der Waals surface area contributed by atoms with E-state index in [1.54, 1.807) is 6.20 Å². The number of nitrogens with zero attached hydrogens (tertiary/aromatic N) is 3. The maximum absolute atomic E-state index is 5.91. The fourth-order valence-electron chi connectivity index (χ4n) is 1.98. The SMILES string of the molecule is CN1CC(Cl)=CN=C1N1CCCCC1. The molecule has 2 aliphatic rings. The summed E-state index contributed by atoms with van der Waals surface area (Å²) in [5.41, 5.74) is 0. The number of hydrogen-bond acceptors (Lipinski definition) is 3. The number of piperidine rings is 1. The van der Waals surface area contributed by atoms with Gasteiger partial charge in [0, 0.05) is 26.3 Å². The Kier molecular flexibility index (Phi) is 2.96. The highest BCUT2D eigenvalue weighted by molar-refractivity contribution is 6.30. The van der Waals surface area contributed by atoms with E-state index >= 15 is 0 Å². The first kappa shape index (κ1) is 9.84. The number of likely N-dealkylation sites (N-methyl/N-ethyl adjacent to an activating group) is 1. The van der Waals surface area contributed by atoms with Crippen LogP contribution in [0.2, 0.25) is 0 Å². The highest BCUT2D eigenvalue weighted by atomic mass is 35.5. The van der Waals surface area contributed by atoms with E-state index in [1.807, 2.05) is 7.05 Å². The molecule has 2 rings (SSSR count). The number of guanidine groups is 1. The number of likely N-dealkylation sites (tertiary alicyclic amines) is 1. The normalized spacial score (nSPS) is 23.3. The van der Waals surface area contributed by atoms with E-state index in [-0.39, 0.29) is 0 Å². The van der Waals surface area contributed by atoms with E-state index in [4.69, 9.17) is 11.6 Å². The van der Waals surface area contributed by atoms with Gasteiger partial charge in [-0.2, -0.15) is 0 Å². The fraction of sp³-hybridized carbons (Fsp3) is 0.700. The van der Waals surface area contributed by atoms with E-state index in [2.05, 4.69) is 14.8 Å². The fourth-order valence-corrected chi connectivity index (χ4v) is 2.21. The van der Waals surface area contributed by atoms with Gasteiger partial charge in [-0.05, 0) is 19.3 Å². The molecule has 2 aliphatic heterocycles. The molecule has 0 unspecified atom stereocenters. The van der Waals surface area contributed by atoms with Crippen LogP contribution in [-0.4, -0.2) is 42.4 Å². The predicted molar refractivity (Wildman–Crippen MR) is 59.4 cm³/mol. The van der Waals surface area contributed by atoms with Crippen molar-refractivity contribution in [2.75, 3.05) is 26.7 Å². The molecule has 0 aromatic carbocycles. The molecule has 0 spiro atoms. The summed E-state index contributed by atoms with van der Waals surface area (Å²) in [6.45, 7) is 3.06. The third-order valence-corrected chi connectivity index (χ3v) is 2.91. The van der Waals surface area contributed by atoms with Crippen LogP contribution in [0.4, 0.5) is 0 Å². The van der Waals surface area contributed by atoms with Crippen molar-refractivity contribution >= 4 is 17.6 Å². The monoisotopic (exact) mass is 213 g/mol. The van der Waals surface area contributed by atoms with Crippen LogP contribution >= 0.6 is 11.6 Å². The summed E-state index contributed by atoms with van der Waals surface area (Å²) in [4.78, 5) is 8.86. The molecule has 0 bridgehead atoms. The van der Waals surface area contributed by atoms with Crippen molar-refractivity contribution in [2.24, 2.45) is 4.99 Å². The molecular formula is C10H16ClN3. The smallest absolute Gasteiger partial charge is 0.201 e. The first-order valence-electron chi connectivity index (χ1n) is 5.16. The molecule has 3 nitrogen and oxygen atoms in total. The molecule has 4 heteroatoms. The summed E-state index contributed by atoms with van der Waals surface area (Å²) in [7, 11) is 2.04. The number of halogens is 1. The van der Waals surface area contributed by atoms with Crippen LogP contribution in [-0.2, 0) is 0 Å². The zero-order chi connectivity index (χ0) is 9.97. The molecule has 0 amide bonds.